The molecule has 0 radical (unpaired) electrons. The van der Waals surface area contributed by atoms with E-state index in [0.29, 0.717) is 18.1 Å². The second kappa shape index (κ2) is 6.02. The molecule has 2 rings (SSSR count). The Morgan fingerprint density at radius 1 is 1.18 bits per heavy atom. The summed E-state index contributed by atoms with van der Waals surface area (Å²) in [5.74, 6) is 0.628. The first-order valence-corrected chi connectivity index (χ1v) is 6.64. The third-order valence-corrected chi connectivity index (χ3v) is 3.37. The number of benzene rings is 1. The third kappa shape index (κ3) is 3.71. The molecular weight excluding hydrogens is 208 g/mol. The maximum atomic E-state index is 6.08. The zero-order valence-corrected chi connectivity index (χ0v) is 10.8. The van der Waals surface area contributed by atoms with Crippen molar-refractivity contribution < 1.29 is 4.74 Å². The van der Waals surface area contributed by atoms with Crippen LogP contribution >= 0.6 is 0 Å². The lowest BCUT2D eigenvalue weighted by molar-refractivity contribution is -0.0481. The molecule has 0 spiro atoms. The molecule has 1 heteroatoms. The van der Waals surface area contributed by atoms with Crippen molar-refractivity contribution in [1.82, 2.24) is 0 Å². The first kappa shape index (κ1) is 12.4. The fourth-order valence-corrected chi connectivity index (χ4v) is 2.30. The van der Waals surface area contributed by atoms with Crippen LogP contribution in [0, 0.1) is 5.92 Å². The van der Waals surface area contributed by atoms with Gasteiger partial charge < -0.3 is 4.74 Å². The van der Waals surface area contributed by atoms with Gasteiger partial charge in [-0.15, -0.1) is 0 Å². The fourth-order valence-electron chi connectivity index (χ4n) is 2.30. The summed E-state index contributed by atoms with van der Waals surface area (Å²) >= 11 is 0. The predicted molar refractivity (Wildman–Crippen MR) is 72.8 cm³/mol. The Labute approximate surface area is 104 Å². The van der Waals surface area contributed by atoms with E-state index in [1.807, 2.05) is 6.07 Å². The van der Waals surface area contributed by atoms with E-state index in [1.165, 1.54) is 18.4 Å². The molecule has 0 amide bonds. The molecule has 1 aliphatic heterocycles. The first-order chi connectivity index (χ1) is 8.25. The smallest absolute Gasteiger partial charge is 0.0763 e. The highest BCUT2D eigenvalue weighted by Crippen LogP contribution is 2.25. The Bertz CT molecular complexity index is 353. The maximum Gasteiger partial charge on any atom is 0.0763 e. The second-order valence-corrected chi connectivity index (χ2v) is 5.16. The highest BCUT2D eigenvalue weighted by molar-refractivity contribution is 5.49. The van der Waals surface area contributed by atoms with Crippen LogP contribution in [0.15, 0.2) is 36.4 Å². The van der Waals surface area contributed by atoms with Crippen LogP contribution in [0.25, 0.3) is 6.08 Å². The van der Waals surface area contributed by atoms with Gasteiger partial charge in [-0.2, -0.15) is 0 Å². The summed E-state index contributed by atoms with van der Waals surface area (Å²) in [5, 5.41) is 0. The molecule has 1 aliphatic rings. The highest BCUT2D eigenvalue weighted by Gasteiger charge is 2.22. The SMILES string of the molecule is CC(C)[C@@H]1CCC[C@H](/C=C/c2ccccc2)O1. The van der Waals surface area contributed by atoms with Crippen molar-refractivity contribution in [2.75, 3.05) is 0 Å². The molecule has 0 aliphatic carbocycles. The van der Waals surface area contributed by atoms with Crippen molar-refractivity contribution in [3.63, 3.8) is 0 Å². The molecule has 1 nitrogen and oxygen atoms in total. The van der Waals surface area contributed by atoms with Gasteiger partial charge in [0.05, 0.1) is 12.2 Å². The largest absolute Gasteiger partial charge is 0.371 e. The molecule has 1 saturated heterocycles. The van der Waals surface area contributed by atoms with Crippen LogP contribution in [0.5, 0.6) is 0 Å². The van der Waals surface area contributed by atoms with Crippen LogP contribution in [0.1, 0.15) is 38.7 Å². The summed E-state index contributed by atoms with van der Waals surface area (Å²) in [6.45, 7) is 4.49. The Morgan fingerprint density at radius 3 is 2.65 bits per heavy atom. The summed E-state index contributed by atoms with van der Waals surface area (Å²) in [5.41, 5.74) is 1.25. The van der Waals surface area contributed by atoms with Gasteiger partial charge in [-0.3, -0.25) is 0 Å². The van der Waals surface area contributed by atoms with Gasteiger partial charge in [-0.1, -0.05) is 56.3 Å². The molecule has 0 aromatic heterocycles. The summed E-state index contributed by atoms with van der Waals surface area (Å²) in [6, 6.07) is 10.4. The molecule has 17 heavy (non-hydrogen) atoms. The molecule has 0 saturated carbocycles. The lowest BCUT2D eigenvalue weighted by Crippen LogP contribution is -2.30. The number of rotatable bonds is 3. The zero-order valence-electron chi connectivity index (χ0n) is 10.8. The van der Waals surface area contributed by atoms with Gasteiger partial charge in [0.1, 0.15) is 0 Å². The standard InChI is InChI=1S/C16H22O/c1-13(2)16-10-6-9-15(17-16)12-11-14-7-4-3-5-8-14/h3-5,7-8,11-13,15-16H,6,9-10H2,1-2H3/b12-11+/t15-,16+/m1/s1. The van der Waals surface area contributed by atoms with E-state index in [4.69, 9.17) is 4.74 Å². The van der Waals surface area contributed by atoms with E-state index in [0.717, 1.165) is 6.42 Å². The van der Waals surface area contributed by atoms with Gasteiger partial charge in [0.2, 0.25) is 0 Å². The van der Waals surface area contributed by atoms with Gasteiger partial charge in [-0.25, -0.2) is 0 Å². The Balaban J connectivity index is 1.93. The van der Waals surface area contributed by atoms with Crippen molar-refractivity contribution in [3.05, 3.63) is 42.0 Å². The number of hydrogen-bond donors (Lipinski definition) is 0. The molecule has 0 N–H and O–H groups in total. The van der Waals surface area contributed by atoms with Crippen LogP contribution in [0.2, 0.25) is 0 Å². The van der Waals surface area contributed by atoms with Gasteiger partial charge >= 0.3 is 0 Å². The summed E-state index contributed by atoms with van der Waals surface area (Å²) < 4.78 is 6.08. The quantitative estimate of drug-likeness (QED) is 0.752. The monoisotopic (exact) mass is 230 g/mol. The zero-order chi connectivity index (χ0) is 12.1. The first-order valence-electron chi connectivity index (χ1n) is 6.64. The van der Waals surface area contributed by atoms with Crippen molar-refractivity contribution in [3.8, 4) is 0 Å². The molecule has 2 atom stereocenters. The number of hydrogen-bond acceptors (Lipinski definition) is 1. The average Bonchev–Trinajstić information content (AvgIpc) is 2.38. The lowest BCUT2D eigenvalue weighted by Gasteiger charge is -2.31. The van der Waals surface area contributed by atoms with E-state index in [1.54, 1.807) is 0 Å². The van der Waals surface area contributed by atoms with Crippen molar-refractivity contribution in [2.45, 2.75) is 45.3 Å². The molecule has 1 fully saturated rings. The van der Waals surface area contributed by atoms with Gasteiger partial charge in [0.25, 0.3) is 0 Å². The maximum absolute atomic E-state index is 6.08. The lowest BCUT2D eigenvalue weighted by atomic mass is 9.96. The van der Waals surface area contributed by atoms with Gasteiger partial charge in [0.15, 0.2) is 0 Å². The molecule has 92 valence electrons. The van der Waals surface area contributed by atoms with Crippen LogP contribution in [-0.2, 0) is 4.74 Å². The molecule has 1 aromatic carbocycles. The molecule has 1 heterocycles. The second-order valence-electron chi connectivity index (χ2n) is 5.16. The van der Waals surface area contributed by atoms with Gasteiger partial charge in [-0.05, 0) is 30.7 Å². The molecule has 0 unspecified atom stereocenters. The van der Waals surface area contributed by atoms with Crippen LogP contribution in [0.3, 0.4) is 0 Å². The number of ether oxygens (including phenoxy) is 1. The minimum Gasteiger partial charge on any atom is -0.371 e. The van der Waals surface area contributed by atoms with Crippen molar-refractivity contribution in [1.29, 1.82) is 0 Å². The van der Waals surface area contributed by atoms with E-state index in [-0.39, 0.29) is 0 Å². The third-order valence-electron chi connectivity index (χ3n) is 3.37. The van der Waals surface area contributed by atoms with Crippen LogP contribution < -0.4 is 0 Å². The summed E-state index contributed by atoms with van der Waals surface area (Å²) in [6.07, 6.45) is 8.79. The van der Waals surface area contributed by atoms with E-state index in [2.05, 4.69) is 50.3 Å². The summed E-state index contributed by atoms with van der Waals surface area (Å²) in [7, 11) is 0. The van der Waals surface area contributed by atoms with E-state index in [9.17, 15) is 0 Å². The Kier molecular flexibility index (Phi) is 4.38. The molecule has 1 aromatic rings. The predicted octanol–water partition coefficient (Wildman–Crippen LogP) is 4.29. The Hall–Kier alpha value is -1.08. The summed E-state index contributed by atoms with van der Waals surface area (Å²) in [4.78, 5) is 0. The topological polar surface area (TPSA) is 9.23 Å². The normalized spacial score (nSPS) is 25.6. The molecular formula is C16H22O. The highest BCUT2D eigenvalue weighted by atomic mass is 16.5. The van der Waals surface area contributed by atoms with Crippen LogP contribution in [-0.4, -0.2) is 12.2 Å². The average molecular weight is 230 g/mol. The van der Waals surface area contributed by atoms with Crippen molar-refractivity contribution >= 4 is 6.08 Å². The minimum atomic E-state index is 0.302. The Morgan fingerprint density at radius 2 is 1.94 bits per heavy atom. The van der Waals surface area contributed by atoms with Gasteiger partial charge in [0, 0.05) is 0 Å². The van der Waals surface area contributed by atoms with Crippen molar-refractivity contribution in [2.24, 2.45) is 5.92 Å². The van der Waals surface area contributed by atoms with E-state index >= 15 is 0 Å². The van der Waals surface area contributed by atoms with Crippen LogP contribution in [0.4, 0.5) is 0 Å². The van der Waals surface area contributed by atoms with E-state index < -0.39 is 0 Å². The molecule has 0 bridgehead atoms. The fraction of sp³-hybridized carbons (Fsp3) is 0.500. The minimum absolute atomic E-state index is 0.302.